The Labute approximate surface area is 181 Å². The number of rotatable bonds is 4. The molecule has 2 aliphatic heterocycles. The molecule has 0 amide bonds. The molecule has 32 heavy (non-hydrogen) atoms. The van der Waals surface area contributed by atoms with E-state index in [0.29, 0.717) is 11.1 Å². The van der Waals surface area contributed by atoms with Crippen LogP contribution in [0.1, 0.15) is 17.2 Å². The van der Waals surface area contributed by atoms with Gasteiger partial charge in [0.1, 0.15) is 47.8 Å². The van der Waals surface area contributed by atoms with Gasteiger partial charge in [0.25, 0.3) is 0 Å². The Kier molecular flexibility index (Phi) is 6.03. The molecule has 11 heteroatoms. The molecule has 0 bridgehead atoms. The summed E-state index contributed by atoms with van der Waals surface area (Å²) in [6.07, 6.45) is -9.39. The average molecular weight is 452 g/mol. The highest BCUT2D eigenvalue weighted by molar-refractivity contribution is 5.52. The molecule has 1 fully saturated rings. The van der Waals surface area contributed by atoms with Gasteiger partial charge in [0, 0.05) is 24.1 Å². The maximum atomic E-state index is 10.5. The van der Waals surface area contributed by atoms with Crippen molar-refractivity contribution < 1.29 is 55.1 Å². The maximum absolute atomic E-state index is 10.5. The van der Waals surface area contributed by atoms with Crippen LogP contribution in [0, 0.1) is 0 Å². The number of aromatic hydroxyl groups is 3. The molecule has 2 aliphatic rings. The zero-order valence-corrected chi connectivity index (χ0v) is 16.6. The van der Waals surface area contributed by atoms with Crippen molar-refractivity contribution in [2.75, 3.05) is 6.61 Å². The number of aliphatic hydroxyl groups excluding tert-OH is 5. The molecule has 0 spiro atoms. The molecule has 0 aliphatic carbocycles. The number of aliphatic hydroxyl groups is 5. The van der Waals surface area contributed by atoms with Crippen LogP contribution in [0.2, 0.25) is 0 Å². The molecule has 8 N–H and O–H groups in total. The maximum Gasteiger partial charge on any atom is 0.229 e. The van der Waals surface area contributed by atoms with E-state index < -0.39 is 49.5 Å². The Morgan fingerprint density at radius 1 is 0.875 bits per heavy atom. The van der Waals surface area contributed by atoms with Gasteiger partial charge in [0.05, 0.1) is 12.7 Å². The first-order chi connectivity index (χ1) is 15.2. The summed E-state index contributed by atoms with van der Waals surface area (Å²) >= 11 is 0. The van der Waals surface area contributed by atoms with Crippen LogP contribution in [0.5, 0.6) is 28.7 Å². The minimum Gasteiger partial charge on any atom is -0.507 e. The second-order valence-corrected chi connectivity index (χ2v) is 7.79. The number of benzene rings is 2. The molecule has 0 aromatic heterocycles. The minimum absolute atomic E-state index is 0.00530. The molecular weight excluding hydrogens is 428 g/mol. The molecular formula is C21H24O11. The number of phenolic OH excluding ortho intramolecular Hbond substituents is 3. The number of hydrogen-bond acceptors (Lipinski definition) is 11. The Bertz CT molecular complexity index is 978. The van der Waals surface area contributed by atoms with Gasteiger partial charge in [0.15, 0.2) is 11.5 Å². The minimum atomic E-state index is -1.64. The summed E-state index contributed by atoms with van der Waals surface area (Å²) < 4.78 is 16.7. The fourth-order valence-corrected chi connectivity index (χ4v) is 3.82. The molecule has 0 radical (unpaired) electrons. The van der Waals surface area contributed by atoms with Crippen LogP contribution in [0.3, 0.4) is 0 Å². The second-order valence-electron chi connectivity index (χ2n) is 7.79. The van der Waals surface area contributed by atoms with Crippen molar-refractivity contribution in [1.82, 2.24) is 0 Å². The van der Waals surface area contributed by atoms with Crippen molar-refractivity contribution in [1.29, 1.82) is 0 Å². The largest absolute Gasteiger partial charge is 0.507 e. The van der Waals surface area contributed by atoms with E-state index in [2.05, 4.69) is 0 Å². The third kappa shape index (κ3) is 4.01. The number of phenols is 3. The molecule has 2 heterocycles. The Morgan fingerprint density at radius 3 is 2.31 bits per heavy atom. The highest BCUT2D eigenvalue weighted by Crippen LogP contribution is 2.43. The van der Waals surface area contributed by atoms with Gasteiger partial charge in [-0.3, -0.25) is 0 Å². The van der Waals surface area contributed by atoms with E-state index in [0.717, 1.165) is 0 Å². The summed E-state index contributed by atoms with van der Waals surface area (Å²) in [5, 5.41) is 79.4. The SMILES string of the molecule is OC[C@H]1O[C@H](Oc2cc(O)c3c(c2)O[C@H](c2ccc(O)c(O)c2)[C@@H](O)C3)[C@H](O)[C@@H](O)[C@@H]1O. The van der Waals surface area contributed by atoms with E-state index in [-0.39, 0.29) is 35.2 Å². The molecule has 0 unspecified atom stereocenters. The molecule has 1 saturated heterocycles. The normalized spacial score (nSPS) is 32.1. The molecule has 11 nitrogen and oxygen atoms in total. The fraction of sp³-hybridized carbons (Fsp3) is 0.429. The van der Waals surface area contributed by atoms with Gasteiger partial charge >= 0.3 is 0 Å². The van der Waals surface area contributed by atoms with E-state index in [9.17, 15) is 40.9 Å². The summed E-state index contributed by atoms with van der Waals surface area (Å²) in [5.41, 5.74) is 0.691. The van der Waals surface area contributed by atoms with E-state index >= 15 is 0 Å². The summed E-state index contributed by atoms with van der Waals surface area (Å²) in [7, 11) is 0. The lowest BCUT2D eigenvalue weighted by Crippen LogP contribution is -2.60. The zero-order chi connectivity index (χ0) is 23.2. The highest BCUT2D eigenvalue weighted by Gasteiger charge is 2.45. The van der Waals surface area contributed by atoms with Crippen LogP contribution in [0.25, 0.3) is 0 Å². The summed E-state index contributed by atoms with van der Waals surface area (Å²) in [5.74, 6) is -0.811. The number of fused-ring (bicyclic) bond motifs is 1. The number of hydrogen-bond donors (Lipinski definition) is 8. The van der Waals surface area contributed by atoms with E-state index in [1.54, 1.807) is 0 Å². The lowest BCUT2D eigenvalue weighted by atomic mass is 9.94. The van der Waals surface area contributed by atoms with Crippen molar-refractivity contribution in [2.45, 2.75) is 49.3 Å². The predicted molar refractivity (Wildman–Crippen MR) is 105 cm³/mol. The summed E-state index contributed by atoms with van der Waals surface area (Å²) in [6.45, 7) is -0.623. The molecule has 0 saturated carbocycles. The first-order valence-electron chi connectivity index (χ1n) is 9.89. The molecule has 2 aromatic rings. The van der Waals surface area contributed by atoms with Gasteiger partial charge in [-0.1, -0.05) is 6.07 Å². The van der Waals surface area contributed by atoms with E-state index in [1.165, 1.54) is 30.3 Å². The molecule has 4 rings (SSSR count). The van der Waals surface area contributed by atoms with Crippen LogP contribution in [-0.4, -0.2) is 84.3 Å². The van der Waals surface area contributed by atoms with Crippen LogP contribution in [-0.2, 0) is 11.2 Å². The van der Waals surface area contributed by atoms with Crippen molar-refractivity contribution in [3.8, 4) is 28.7 Å². The first kappa shape index (κ1) is 22.4. The standard InChI is InChI=1S/C21H24O11/c22-7-16-17(27)18(28)19(29)21(32-16)30-9-4-12(24)10-6-14(26)20(31-15(10)5-9)8-1-2-11(23)13(25)3-8/h1-5,14,16-29H,6-7H2/t14-,16+,17+,18-,19+,20+,21-/m0/s1. The van der Waals surface area contributed by atoms with E-state index in [1.807, 2.05) is 0 Å². The average Bonchev–Trinajstić information content (AvgIpc) is 2.76. The van der Waals surface area contributed by atoms with Gasteiger partial charge in [0.2, 0.25) is 6.29 Å². The zero-order valence-electron chi connectivity index (χ0n) is 16.6. The lowest BCUT2D eigenvalue weighted by molar-refractivity contribution is -0.277. The third-order valence-electron chi connectivity index (χ3n) is 5.60. The van der Waals surface area contributed by atoms with Crippen LogP contribution in [0.15, 0.2) is 30.3 Å². The summed E-state index contributed by atoms with van der Waals surface area (Å²) in [6, 6.07) is 6.58. The quantitative estimate of drug-likeness (QED) is 0.266. The lowest BCUT2D eigenvalue weighted by Gasteiger charge is -2.39. The third-order valence-corrected chi connectivity index (χ3v) is 5.60. The molecule has 2 aromatic carbocycles. The Balaban J connectivity index is 1.59. The highest BCUT2D eigenvalue weighted by atomic mass is 16.7. The smallest absolute Gasteiger partial charge is 0.229 e. The van der Waals surface area contributed by atoms with Gasteiger partial charge in [-0.2, -0.15) is 0 Å². The van der Waals surface area contributed by atoms with Crippen LogP contribution in [0.4, 0.5) is 0 Å². The van der Waals surface area contributed by atoms with Crippen molar-refractivity contribution >= 4 is 0 Å². The fourth-order valence-electron chi connectivity index (χ4n) is 3.82. The van der Waals surface area contributed by atoms with Crippen molar-refractivity contribution in [3.63, 3.8) is 0 Å². The van der Waals surface area contributed by atoms with Gasteiger partial charge in [-0.15, -0.1) is 0 Å². The predicted octanol–water partition coefficient (Wildman–Crippen LogP) is -0.981. The first-order valence-corrected chi connectivity index (χ1v) is 9.89. The molecule has 174 valence electrons. The van der Waals surface area contributed by atoms with Crippen LogP contribution < -0.4 is 9.47 Å². The topological polar surface area (TPSA) is 190 Å². The Hall–Kier alpha value is -2.80. The van der Waals surface area contributed by atoms with Gasteiger partial charge in [-0.25, -0.2) is 0 Å². The monoisotopic (exact) mass is 452 g/mol. The molecule has 7 atom stereocenters. The van der Waals surface area contributed by atoms with Gasteiger partial charge < -0.3 is 55.1 Å². The van der Waals surface area contributed by atoms with Crippen molar-refractivity contribution in [2.24, 2.45) is 0 Å². The Morgan fingerprint density at radius 2 is 1.62 bits per heavy atom. The number of ether oxygens (including phenoxy) is 3. The van der Waals surface area contributed by atoms with Crippen LogP contribution >= 0.6 is 0 Å². The second kappa shape index (κ2) is 8.62. The van der Waals surface area contributed by atoms with Gasteiger partial charge in [-0.05, 0) is 17.7 Å². The summed E-state index contributed by atoms with van der Waals surface area (Å²) in [4.78, 5) is 0. The van der Waals surface area contributed by atoms with Crippen molar-refractivity contribution in [3.05, 3.63) is 41.5 Å². The van der Waals surface area contributed by atoms with E-state index in [4.69, 9.17) is 14.2 Å².